The molecule has 0 aromatic heterocycles. The minimum atomic E-state index is 0.421. The van der Waals surface area contributed by atoms with Crippen LogP contribution >= 0.6 is 12.2 Å². The largest absolute Gasteiger partial charge is 0.360 e. The van der Waals surface area contributed by atoms with Crippen molar-refractivity contribution in [2.75, 3.05) is 5.32 Å². The third-order valence-corrected chi connectivity index (χ3v) is 3.67. The van der Waals surface area contributed by atoms with Crippen LogP contribution in [0, 0.1) is 0 Å². The van der Waals surface area contributed by atoms with Crippen LogP contribution in [-0.2, 0) is 0 Å². The minimum absolute atomic E-state index is 0.421. The van der Waals surface area contributed by atoms with E-state index in [0.717, 1.165) is 12.1 Å². The molecule has 0 heterocycles. The molecule has 0 bridgehead atoms. The molecule has 2 atom stereocenters. The topological polar surface area (TPSA) is 24.1 Å². The zero-order valence-electron chi connectivity index (χ0n) is 12.5. The minimum Gasteiger partial charge on any atom is -0.360 e. The Balaban J connectivity index is 2.51. The molecule has 0 saturated heterocycles. The van der Waals surface area contributed by atoms with Crippen molar-refractivity contribution in [1.29, 1.82) is 0 Å². The number of benzene rings is 1. The van der Waals surface area contributed by atoms with Gasteiger partial charge in [0.05, 0.1) is 0 Å². The predicted molar refractivity (Wildman–Crippen MR) is 88.9 cm³/mol. The van der Waals surface area contributed by atoms with E-state index in [1.165, 1.54) is 18.4 Å². The molecule has 1 aromatic carbocycles. The number of thiocarbonyl (C=S) groups is 1. The standard InChI is InChI=1S/C16H26N2S/c1-5-7-13(4)17-16(19)18-15-10-8-14(9-11-15)12(3)6-2/h8-13H,5-7H2,1-4H3,(H2,17,18,19). The number of nitrogens with one attached hydrogen (secondary N) is 2. The van der Waals surface area contributed by atoms with Crippen LogP contribution in [-0.4, -0.2) is 11.2 Å². The molecule has 0 spiro atoms. The first-order chi connectivity index (χ1) is 9.06. The molecular weight excluding hydrogens is 252 g/mol. The van der Waals surface area contributed by atoms with E-state index in [-0.39, 0.29) is 0 Å². The van der Waals surface area contributed by atoms with Crippen LogP contribution in [0.15, 0.2) is 24.3 Å². The lowest BCUT2D eigenvalue weighted by atomic mass is 9.99. The van der Waals surface area contributed by atoms with Crippen LogP contribution < -0.4 is 10.6 Å². The Labute approximate surface area is 123 Å². The molecule has 0 saturated carbocycles. The van der Waals surface area contributed by atoms with Gasteiger partial charge < -0.3 is 10.6 Å². The molecule has 1 aromatic rings. The first kappa shape index (κ1) is 16.0. The second-order valence-corrected chi connectivity index (χ2v) is 5.63. The van der Waals surface area contributed by atoms with E-state index in [2.05, 4.69) is 62.6 Å². The lowest BCUT2D eigenvalue weighted by Crippen LogP contribution is -2.35. The molecule has 0 fully saturated rings. The molecule has 0 amide bonds. The highest BCUT2D eigenvalue weighted by atomic mass is 32.1. The highest BCUT2D eigenvalue weighted by Gasteiger charge is 2.05. The van der Waals surface area contributed by atoms with Gasteiger partial charge in [-0.3, -0.25) is 0 Å². The third-order valence-electron chi connectivity index (χ3n) is 3.45. The third kappa shape index (κ3) is 5.60. The molecule has 19 heavy (non-hydrogen) atoms. The molecule has 0 aliphatic carbocycles. The van der Waals surface area contributed by atoms with E-state index >= 15 is 0 Å². The lowest BCUT2D eigenvalue weighted by molar-refractivity contribution is 0.599. The summed E-state index contributed by atoms with van der Waals surface area (Å²) in [6.07, 6.45) is 3.47. The van der Waals surface area contributed by atoms with E-state index in [1.807, 2.05) is 0 Å². The van der Waals surface area contributed by atoms with Gasteiger partial charge in [-0.2, -0.15) is 0 Å². The zero-order chi connectivity index (χ0) is 14.3. The maximum atomic E-state index is 5.31. The summed E-state index contributed by atoms with van der Waals surface area (Å²) in [7, 11) is 0. The molecule has 2 nitrogen and oxygen atoms in total. The van der Waals surface area contributed by atoms with E-state index in [1.54, 1.807) is 0 Å². The van der Waals surface area contributed by atoms with Crippen molar-refractivity contribution in [1.82, 2.24) is 5.32 Å². The van der Waals surface area contributed by atoms with Crippen molar-refractivity contribution in [3.05, 3.63) is 29.8 Å². The van der Waals surface area contributed by atoms with Crippen LogP contribution in [0.4, 0.5) is 5.69 Å². The van der Waals surface area contributed by atoms with Crippen LogP contribution in [0.5, 0.6) is 0 Å². The van der Waals surface area contributed by atoms with Crippen molar-refractivity contribution in [2.24, 2.45) is 0 Å². The van der Waals surface area contributed by atoms with Gasteiger partial charge in [0.25, 0.3) is 0 Å². The predicted octanol–water partition coefficient (Wildman–Crippen LogP) is 4.68. The molecule has 2 N–H and O–H groups in total. The molecule has 106 valence electrons. The Hall–Kier alpha value is -1.09. The number of hydrogen-bond acceptors (Lipinski definition) is 1. The fourth-order valence-corrected chi connectivity index (χ4v) is 2.35. The normalized spacial score (nSPS) is 13.7. The number of hydrogen-bond donors (Lipinski definition) is 2. The lowest BCUT2D eigenvalue weighted by Gasteiger charge is -2.17. The highest BCUT2D eigenvalue weighted by Crippen LogP contribution is 2.20. The number of anilines is 1. The van der Waals surface area contributed by atoms with Gasteiger partial charge in [0.2, 0.25) is 0 Å². The van der Waals surface area contributed by atoms with Crippen molar-refractivity contribution in [3.63, 3.8) is 0 Å². The van der Waals surface area contributed by atoms with Gasteiger partial charge in [-0.1, -0.05) is 39.3 Å². The average Bonchev–Trinajstić information content (AvgIpc) is 2.38. The second-order valence-electron chi connectivity index (χ2n) is 5.22. The summed E-state index contributed by atoms with van der Waals surface area (Å²) < 4.78 is 0. The number of rotatable bonds is 6. The zero-order valence-corrected chi connectivity index (χ0v) is 13.3. The van der Waals surface area contributed by atoms with Gasteiger partial charge in [0.15, 0.2) is 5.11 Å². The fraction of sp³-hybridized carbons (Fsp3) is 0.562. The quantitative estimate of drug-likeness (QED) is 0.739. The Morgan fingerprint density at radius 2 is 1.79 bits per heavy atom. The highest BCUT2D eigenvalue weighted by molar-refractivity contribution is 7.80. The Kier molecular flexibility index (Phi) is 6.85. The van der Waals surface area contributed by atoms with Gasteiger partial charge in [-0.25, -0.2) is 0 Å². The molecule has 3 heteroatoms. The van der Waals surface area contributed by atoms with Gasteiger partial charge in [0, 0.05) is 11.7 Å². The molecule has 0 aliphatic rings. The van der Waals surface area contributed by atoms with Crippen molar-refractivity contribution in [3.8, 4) is 0 Å². The van der Waals surface area contributed by atoms with Gasteiger partial charge in [-0.15, -0.1) is 0 Å². The van der Waals surface area contributed by atoms with E-state index in [4.69, 9.17) is 12.2 Å². The second kappa shape index (κ2) is 8.16. The van der Waals surface area contributed by atoms with E-state index in [9.17, 15) is 0 Å². The van der Waals surface area contributed by atoms with Crippen LogP contribution in [0.25, 0.3) is 0 Å². The van der Waals surface area contributed by atoms with Gasteiger partial charge >= 0.3 is 0 Å². The molecular formula is C16H26N2S. The molecule has 1 rings (SSSR count). The average molecular weight is 278 g/mol. The fourth-order valence-electron chi connectivity index (χ4n) is 2.03. The van der Waals surface area contributed by atoms with Crippen LogP contribution in [0.3, 0.4) is 0 Å². The maximum absolute atomic E-state index is 5.31. The smallest absolute Gasteiger partial charge is 0.170 e. The van der Waals surface area contributed by atoms with E-state index in [0.29, 0.717) is 17.1 Å². The summed E-state index contributed by atoms with van der Waals surface area (Å²) in [6.45, 7) is 8.80. The SMILES string of the molecule is CCCC(C)NC(=S)Nc1ccc(C(C)CC)cc1. The first-order valence-electron chi connectivity index (χ1n) is 7.24. The Morgan fingerprint density at radius 1 is 1.16 bits per heavy atom. The van der Waals surface area contributed by atoms with Crippen molar-refractivity contribution < 1.29 is 0 Å². The molecule has 2 unspecified atom stereocenters. The monoisotopic (exact) mass is 278 g/mol. The van der Waals surface area contributed by atoms with Crippen molar-refractivity contribution in [2.45, 2.75) is 58.9 Å². The Morgan fingerprint density at radius 3 is 2.32 bits per heavy atom. The van der Waals surface area contributed by atoms with Crippen LogP contribution in [0.2, 0.25) is 0 Å². The van der Waals surface area contributed by atoms with Crippen molar-refractivity contribution >= 4 is 23.0 Å². The van der Waals surface area contributed by atoms with Gasteiger partial charge in [-0.05, 0) is 55.6 Å². The summed E-state index contributed by atoms with van der Waals surface area (Å²) in [5.74, 6) is 0.615. The summed E-state index contributed by atoms with van der Waals surface area (Å²) in [6, 6.07) is 8.97. The Bertz CT molecular complexity index is 386. The van der Waals surface area contributed by atoms with E-state index < -0.39 is 0 Å². The van der Waals surface area contributed by atoms with Crippen LogP contribution in [0.1, 0.15) is 58.4 Å². The summed E-state index contributed by atoms with van der Waals surface area (Å²) in [4.78, 5) is 0. The maximum Gasteiger partial charge on any atom is 0.170 e. The summed E-state index contributed by atoms with van der Waals surface area (Å²) in [5.41, 5.74) is 2.43. The molecule has 0 radical (unpaired) electrons. The molecule has 0 aliphatic heterocycles. The van der Waals surface area contributed by atoms with Gasteiger partial charge in [0.1, 0.15) is 0 Å². The first-order valence-corrected chi connectivity index (χ1v) is 7.65. The summed E-state index contributed by atoms with van der Waals surface area (Å²) in [5, 5.41) is 7.24. The summed E-state index contributed by atoms with van der Waals surface area (Å²) >= 11 is 5.31.